The lowest BCUT2D eigenvalue weighted by atomic mass is 10.0. The second-order valence-corrected chi connectivity index (χ2v) is 20.3. The van der Waals surface area contributed by atoms with Gasteiger partial charge in [-0.3, -0.25) is 9.59 Å². The van der Waals surface area contributed by atoms with Gasteiger partial charge in [0, 0.05) is 12.8 Å². The zero-order valence-electron chi connectivity index (χ0n) is 44.0. The fraction of sp³-hybridized carbons (Fsp3) is 0.932. The number of esters is 1. The minimum absolute atomic E-state index is 0.00341. The van der Waals surface area contributed by atoms with Crippen LogP contribution in [-0.4, -0.2) is 47.4 Å². The lowest BCUT2D eigenvalue weighted by molar-refractivity contribution is -0.143. The highest BCUT2D eigenvalue weighted by molar-refractivity contribution is 5.76. The van der Waals surface area contributed by atoms with Crippen LogP contribution < -0.4 is 5.32 Å². The van der Waals surface area contributed by atoms with Crippen molar-refractivity contribution in [1.29, 1.82) is 0 Å². The molecule has 6 nitrogen and oxygen atoms in total. The highest BCUT2D eigenvalue weighted by Gasteiger charge is 2.20. The number of rotatable bonds is 55. The maximum Gasteiger partial charge on any atom is 0.305 e. The number of aliphatic hydroxyl groups excluding tert-OH is 2. The minimum atomic E-state index is -0.670. The molecule has 0 saturated heterocycles. The molecule has 0 aromatic carbocycles. The van der Waals surface area contributed by atoms with Crippen molar-refractivity contribution in [3.8, 4) is 0 Å². The van der Waals surface area contributed by atoms with E-state index in [0.29, 0.717) is 25.9 Å². The van der Waals surface area contributed by atoms with Gasteiger partial charge in [0.1, 0.15) is 0 Å². The molecule has 6 heteroatoms. The molecule has 0 bridgehead atoms. The summed E-state index contributed by atoms with van der Waals surface area (Å²) < 4.78 is 5.49. The number of ether oxygens (including phenoxy) is 1. The maximum atomic E-state index is 12.4. The van der Waals surface area contributed by atoms with Crippen molar-refractivity contribution in [3.05, 3.63) is 12.2 Å². The number of amides is 1. The molecule has 65 heavy (non-hydrogen) atoms. The van der Waals surface area contributed by atoms with Gasteiger partial charge in [-0.1, -0.05) is 276 Å². The van der Waals surface area contributed by atoms with E-state index in [1.807, 2.05) is 0 Å². The van der Waals surface area contributed by atoms with E-state index < -0.39 is 12.1 Å². The van der Waals surface area contributed by atoms with Crippen LogP contribution in [0.25, 0.3) is 0 Å². The summed E-state index contributed by atoms with van der Waals surface area (Å²) >= 11 is 0. The van der Waals surface area contributed by atoms with Crippen molar-refractivity contribution in [2.75, 3.05) is 13.2 Å². The molecule has 0 fully saturated rings. The van der Waals surface area contributed by atoms with Crippen LogP contribution in [0, 0.1) is 0 Å². The van der Waals surface area contributed by atoms with Gasteiger partial charge in [0.25, 0.3) is 0 Å². The van der Waals surface area contributed by atoms with Gasteiger partial charge in [-0.2, -0.15) is 0 Å². The van der Waals surface area contributed by atoms with Crippen LogP contribution in [0.4, 0.5) is 0 Å². The standard InChI is InChI=1S/C59H115NO5/c1-3-5-7-9-11-13-15-17-18-19-20-23-26-29-33-37-41-45-49-53-59(64)65-54-50-46-42-38-34-30-27-24-21-22-25-28-32-36-40-44-48-52-58(63)60-56(55-61)57(62)51-47-43-39-35-31-16-14-12-10-8-6-4-2/h21,24,56-57,61-62H,3-20,22-23,25-55H2,1-2H3,(H,60,63)/b24-21-. The highest BCUT2D eigenvalue weighted by Crippen LogP contribution is 2.17. The second-order valence-electron chi connectivity index (χ2n) is 20.3. The molecule has 0 aliphatic heterocycles. The minimum Gasteiger partial charge on any atom is -0.466 e. The van der Waals surface area contributed by atoms with Crippen molar-refractivity contribution in [2.24, 2.45) is 0 Å². The smallest absolute Gasteiger partial charge is 0.305 e. The van der Waals surface area contributed by atoms with Gasteiger partial charge in [0.15, 0.2) is 0 Å². The number of aliphatic hydroxyl groups is 2. The molecule has 1 amide bonds. The number of carbonyl (C=O) groups is 2. The highest BCUT2D eigenvalue weighted by atomic mass is 16.5. The van der Waals surface area contributed by atoms with E-state index in [2.05, 4.69) is 31.3 Å². The molecule has 0 spiro atoms. The van der Waals surface area contributed by atoms with E-state index in [1.165, 1.54) is 244 Å². The fourth-order valence-electron chi connectivity index (χ4n) is 9.28. The summed E-state index contributed by atoms with van der Waals surface area (Å²) in [6.45, 7) is 4.95. The van der Waals surface area contributed by atoms with Gasteiger partial charge in [-0.15, -0.1) is 0 Å². The third-order valence-electron chi connectivity index (χ3n) is 13.8. The zero-order valence-corrected chi connectivity index (χ0v) is 44.0. The van der Waals surface area contributed by atoms with Crippen molar-refractivity contribution < 1.29 is 24.5 Å². The Balaban J connectivity index is 3.40. The maximum absolute atomic E-state index is 12.4. The SMILES string of the molecule is CCCCCCCCCCCCCCCCCCCCCC(=O)OCCCCCCCC/C=C\CCCCCCCCCC(=O)NC(CO)C(O)CCCCCCCCCCCCCC. The van der Waals surface area contributed by atoms with Gasteiger partial charge in [-0.05, 0) is 51.4 Å². The van der Waals surface area contributed by atoms with E-state index in [9.17, 15) is 19.8 Å². The summed E-state index contributed by atoms with van der Waals surface area (Å²) in [6, 6.07) is -0.548. The Bertz CT molecular complexity index is 970. The molecule has 0 rings (SSSR count). The first kappa shape index (κ1) is 63.6. The van der Waals surface area contributed by atoms with Crippen LogP contribution in [-0.2, 0) is 14.3 Å². The van der Waals surface area contributed by atoms with E-state index in [4.69, 9.17) is 4.74 Å². The van der Waals surface area contributed by atoms with Crippen LogP contribution in [0.15, 0.2) is 12.2 Å². The number of nitrogens with one attached hydrogen (secondary N) is 1. The number of hydrogen-bond donors (Lipinski definition) is 3. The van der Waals surface area contributed by atoms with Crippen LogP contribution in [0.1, 0.15) is 328 Å². The van der Waals surface area contributed by atoms with Gasteiger partial charge in [0.2, 0.25) is 5.91 Å². The lowest BCUT2D eigenvalue weighted by Gasteiger charge is -2.22. The van der Waals surface area contributed by atoms with Gasteiger partial charge in [0.05, 0.1) is 25.4 Å². The zero-order chi connectivity index (χ0) is 47.2. The Morgan fingerprint density at radius 2 is 0.723 bits per heavy atom. The van der Waals surface area contributed by atoms with Crippen LogP contribution >= 0.6 is 0 Å². The normalized spacial score (nSPS) is 12.6. The third-order valence-corrected chi connectivity index (χ3v) is 13.8. The molecule has 0 aromatic rings. The molecule has 0 aliphatic rings. The molecule has 0 aliphatic carbocycles. The number of unbranched alkanes of at least 4 members (excludes halogenated alkanes) is 42. The first-order valence-electron chi connectivity index (χ1n) is 29.4. The Kier molecular flexibility index (Phi) is 54.0. The molecule has 386 valence electrons. The summed E-state index contributed by atoms with van der Waals surface area (Å²) in [4.78, 5) is 24.5. The Morgan fingerprint density at radius 1 is 0.415 bits per heavy atom. The predicted octanol–water partition coefficient (Wildman–Crippen LogP) is 18.1. The van der Waals surface area contributed by atoms with E-state index in [-0.39, 0.29) is 18.5 Å². The first-order chi connectivity index (χ1) is 32.0. The van der Waals surface area contributed by atoms with Gasteiger partial charge >= 0.3 is 5.97 Å². The van der Waals surface area contributed by atoms with Crippen molar-refractivity contribution in [3.63, 3.8) is 0 Å². The summed E-state index contributed by atoms with van der Waals surface area (Å²) in [7, 11) is 0. The summed E-state index contributed by atoms with van der Waals surface area (Å²) in [5.41, 5.74) is 0. The molecule has 0 radical (unpaired) electrons. The summed E-state index contributed by atoms with van der Waals surface area (Å²) in [6.07, 6.45) is 64.9. The summed E-state index contributed by atoms with van der Waals surface area (Å²) in [5, 5.41) is 23.2. The van der Waals surface area contributed by atoms with E-state index in [1.54, 1.807) is 0 Å². The second kappa shape index (κ2) is 55.2. The van der Waals surface area contributed by atoms with Gasteiger partial charge in [-0.25, -0.2) is 0 Å². The molecular weight excluding hydrogens is 803 g/mol. The molecule has 2 unspecified atom stereocenters. The van der Waals surface area contributed by atoms with Crippen LogP contribution in [0.2, 0.25) is 0 Å². The largest absolute Gasteiger partial charge is 0.466 e. The molecule has 0 heterocycles. The van der Waals surface area contributed by atoms with Crippen LogP contribution in [0.3, 0.4) is 0 Å². The van der Waals surface area contributed by atoms with E-state index in [0.717, 1.165) is 51.4 Å². The number of hydrogen-bond acceptors (Lipinski definition) is 5. The third kappa shape index (κ3) is 51.8. The average Bonchev–Trinajstić information content (AvgIpc) is 3.31. The number of allylic oxidation sites excluding steroid dienone is 2. The van der Waals surface area contributed by atoms with Crippen LogP contribution in [0.5, 0.6) is 0 Å². The molecule has 0 saturated carbocycles. The Labute approximate surface area is 406 Å². The Morgan fingerprint density at radius 3 is 1.09 bits per heavy atom. The monoisotopic (exact) mass is 918 g/mol. The van der Waals surface area contributed by atoms with Crippen molar-refractivity contribution in [1.82, 2.24) is 5.32 Å². The van der Waals surface area contributed by atoms with Crippen molar-refractivity contribution in [2.45, 2.75) is 341 Å². The van der Waals surface area contributed by atoms with Crippen molar-refractivity contribution >= 4 is 11.9 Å². The number of carbonyl (C=O) groups excluding carboxylic acids is 2. The fourth-order valence-corrected chi connectivity index (χ4v) is 9.28. The topological polar surface area (TPSA) is 95.9 Å². The quantitative estimate of drug-likeness (QED) is 0.0321. The molecular formula is C59H115NO5. The predicted molar refractivity (Wildman–Crippen MR) is 283 cm³/mol. The average molecular weight is 919 g/mol. The molecule has 3 N–H and O–H groups in total. The summed E-state index contributed by atoms with van der Waals surface area (Å²) in [5.74, 6) is -0.0428. The van der Waals surface area contributed by atoms with Gasteiger partial charge < -0.3 is 20.3 Å². The Hall–Kier alpha value is -1.40. The first-order valence-corrected chi connectivity index (χ1v) is 29.4. The van der Waals surface area contributed by atoms with E-state index >= 15 is 0 Å². The lowest BCUT2D eigenvalue weighted by Crippen LogP contribution is -2.45. The molecule has 2 atom stereocenters. The molecule has 0 aromatic heterocycles.